The van der Waals surface area contributed by atoms with Gasteiger partial charge < -0.3 is 10.2 Å². The average molecular weight is 274 g/mol. The molecule has 0 amide bonds. The number of rotatable bonds is 6. The van der Waals surface area contributed by atoms with Crippen LogP contribution in [0.3, 0.4) is 0 Å². The molecule has 0 aliphatic carbocycles. The van der Waals surface area contributed by atoms with Crippen LogP contribution in [0, 0.1) is 5.41 Å². The zero-order chi connectivity index (χ0) is 14.4. The van der Waals surface area contributed by atoms with Crippen LogP contribution in [0.2, 0.25) is 0 Å². The lowest BCUT2D eigenvalue weighted by atomic mass is 9.92. The summed E-state index contributed by atoms with van der Waals surface area (Å²) in [5, 5.41) is 3.58. The van der Waals surface area contributed by atoms with Crippen LogP contribution in [0.1, 0.15) is 45.6 Å². The van der Waals surface area contributed by atoms with Gasteiger partial charge in [0.2, 0.25) is 0 Å². The number of para-hydroxylation sites is 1. The van der Waals surface area contributed by atoms with E-state index in [0.717, 1.165) is 19.6 Å². The predicted octanol–water partition coefficient (Wildman–Crippen LogP) is 3.86. The highest BCUT2D eigenvalue weighted by molar-refractivity contribution is 5.54. The van der Waals surface area contributed by atoms with Crippen molar-refractivity contribution in [2.24, 2.45) is 5.41 Å². The molecule has 20 heavy (non-hydrogen) atoms. The molecule has 0 bridgehead atoms. The molecule has 0 atom stereocenters. The monoisotopic (exact) mass is 274 g/mol. The smallest absolute Gasteiger partial charge is 0.0398 e. The molecule has 0 radical (unpaired) electrons. The third kappa shape index (κ3) is 4.24. The van der Waals surface area contributed by atoms with E-state index in [1.54, 1.807) is 0 Å². The molecule has 0 spiro atoms. The number of benzene rings is 1. The van der Waals surface area contributed by atoms with E-state index < -0.39 is 0 Å². The molecule has 0 fully saturated rings. The molecular weight excluding hydrogens is 244 g/mol. The standard InChI is InChI=1S/C18H30N2/c1-4-12-19-14-18(2,3)15-20-13-8-7-10-16-9-5-6-11-17(16)20/h5-6,9,11,19H,4,7-8,10,12-15H2,1-3H3. The molecule has 1 aromatic carbocycles. The Labute approximate surface area is 124 Å². The first-order valence-corrected chi connectivity index (χ1v) is 8.16. The Hall–Kier alpha value is -1.02. The summed E-state index contributed by atoms with van der Waals surface area (Å²) in [6.07, 6.45) is 5.08. The van der Waals surface area contributed by atoms with Gasteiger partial charge in [0.05, 0.1) is 0 Å². The predicted molar refractivity (Wildman–Crippen MR) is 88.5 cm³/mol. The van der Waals surface area contributed by atoms with Gasteiger partial charge in [0, 0.05) is 25.3 Å². The van der Waals surface area contributed by atoms with Crippen LogP contribution < -0.4 is 10.2 Å². The maximum absolute atomic E-state index is 3.58. The lowest BCUT2D eigenvalue weighted by molar-refractivity contribution is 0.341. The van der Waals surface area contributed by atoms with Crippen molar-refractivity contribution in [1.82, 2.24) is 5.32 Å². The first-order valence-electron chi connectivity index (χ1n) is 8.16. The first kappa shape index (κ1) is 15.4. The summed E-state index contributed by atoms with van der Waals surface area (Å²) >= 11 is 0. The van der Waals surface area contributed by atoms with E-state index in [-0.39, 0.29) is 0 Å². The number of hydrogen-bond donors (Lipinski definition) is 1. The van der Waals surface area contributed by atoms with Gasteiger partial charge in [-0.3, -0.25) is 0 Å². The summed E-state index contributed by atoms with van der Waals surface area (Å²) in [6, 6.07) is 8.96. The van der Waals surface area contributed by atoms with Gasteiger partial charge in [0.25, 0.3) is 0 Å². The molecule has 2 nitrogen and oxygen atoms in total. The topological polar surface area (TPSA) is 15.3 Å². The second kappa shape index (κ2) is 7.12. The van der Waals surface area contributed by atoms with E-state index in [1.165, 1.54) is 43.5 Å². The van der Waals surface area contributed by atoms with Gasteiger partial charge in [0.1, 0.15) is 0 Å². The van der Waals surface area contributed by atoms with Crippen molar-refractivity contribution < 1.29 is 0 Å². The molecule has 1 aliphatic rings. The summed E-state index contributed by atoms with van der Waals surface area (Å²) in [7, 11) is 0. The summed E-state index contributed by atoms with van der Waals surface area (Å²) in [4.78, 5) is 2.61. The van der Waals surface area contributed by atoms with Gasteiger partial charge in [-0.15, -0.1) is 0 Å². The number of fused-ring (bicyclic) bond motifs is 1. The molecule has 1 aromatic rings. The number of nitrogens with one attached hydrogen (secondary N) is 1. The van der Waals surface area contributed by atoms with Gasteiger partial charge >= 0.3 is 0 Å². The number of anilines is 1. The van der Waals surface area contributed by atoms with Crippen LogP contribution in [0.25, 0.3) is 0 Å². The molecule has 1 N–H and O–H groups in total. The zero-order valence-corrected chi connectivity index (χ0v) is 13.4. The van der Waals surface area contributed by atoms with Crippen LogP contribution in [0.4, 0.5) is 5.69 Å². The van der Waals surface area contributed by atoms with E-state index >= 15 is 0 Å². The SMILES string of the molecule is CCCNCC(C)(C)CN1CCCCc2ccccc21. The van der Waals surface area contributed by atoms with Crippen molar-refractivity contribution in [1.29, 1.82) is 0 Å². The third-order valence-electron chi connectivity index (χ3n) is 4.11. The molecule has 0 unspecified atom stereocenters. The lowest BCUT2D eigenvalue weighted by Crippen LogP contribution is -2.41. The fourth-order valence-electron chi connectivity index (χ4n) is 3.11. The minimum atomic E-state index is 0.312. The highest BCUT2D eigenvalue weighted by Gasteiger charge is 2.24. The van der Waals surface area contributed by atoms with Crippen LogP contribution in [-0.4, -0.2) is 26.2 Å². The van der Waals surface area contributed by atoms with Crippen molar-refractivity contribution in [3.8, 4) is 0 Å². The normalized spacial score (nSPS) is 15.8. The first-order chi connectivity index (χ1) is 9.62. The summed E-state index contributed by atoms with van der Waals surface area (Å²) < 4.78 is 0. The molecule has 0 saturated heterocycles. The van der Waals surface area contributed by atoms with Crippen molar-refractivity contribution >= 4 is 5.69 Å². The zero-order valence-electron chi connectivity index (χ0n) is 13.4. The second-order valence-corrected chi connectivity index (χ2v) is 6.85. The summed E-state index contributed by atoms with van der Waals surface area (Å²) in [6.45, 7) is 11.5. The van der Waals surface area contributed by atoms with Crippen molar-refractivity contribution in [2.45, 2.75) is 46.5 Å². The second-order valence-electron chi connectivity index (χ2n) is 6.85. The molecule has 112 valence electrons. The number of hydrogen-bond acceptors (Lipinski definition) is 2. The Bertz CT molecular complexity index is 412. The van der Waals surface area contributed by atoms with Crippen LogP contribution in [0.5, 0.6) is 0 Å². The van der Waals surface area contributed by atoms with Gasteiger partial charge in [-0.25, -0.2) is 0 Å². The van der Waals surface area contributed by atoms with Crippen LogP contribution in [0.15, 0.2) is 24.3 Å². The molecular formula is C18H30N2. The summed E-state index contributed by atoms with van der Waals surface area (Å²) in [5.74, 6) is 0. The van der Waals surface area contributed by atoms with E-state index in [9.17, 15) is 0 Å². The average Bonchev–Trinajstić information content (AvgIpc) is 2.61. The molecule has 2 rings (SSSR count). The molecule has 1 heterocycles. The fourth-order valence-corrected chi connectivity index (χ4v) is 3.11. The Morgan fingerprint density at radius 3 is 2.80 bits per heavy atom. The lowest BCUT2D eigenvalue weighted by Gasteiger charge is -2.34. The fraction of sp³-hybridized carbons (Fsp3) is 0.667. The third-order valence-corrected chi connectivity index (χ3v) is 4.11. The largest absolute Gasteiger partial charge is 0.371 e. The maximum atomic E-state index is 3.58. The Kier molecular flexibility index (Phi) is 5.47. The van der Waals surface area contributed by atoms with Crippen molar-refractivity contribution in [3.05, 3.63) is 29.8 Å². The minimum Gasteiger partial charge on any atom is -0.371 e. The quantitative estimate of drug-likeness (QED) is 0.793. The van der Waals surface area contributed by atoms with Crippen LogP contribution in [-0.2, 0) is 6.42 Å². The highest BCUT2D eigenvalue weighted by Crippen LogP contribution is 2.29. The Balaban J connectivity index is 2.04. The van der Waals surface area contributed by atoms with E-state index in [1.807, 2.05) is 0 Å². The highest BCUT2D eigenvalue weighted by atomic mass is 15.1. The molecule has 0 saturated carbocycles. The molecule has 1 aliphatic heterocycles. The minimum absolute atomic E-state index is 0.312. The van der Waals surface area contributed by atoms with E-state index in [0.29, 0.717) is 5.41 Å². The Morgan fingerprint density at radius 1 is 1.20 bits per heavy atom. The van der Waals surface area contributed by atoms with Gasteiger partial charge in [0.15, 0.2) is 0 Å². The summed E-state index contributed by atoms with van der Waals surface area (Å²) in [5.41, 5.74) is 3.31. The number of aryl methyl sites for hydroxylation is 1. The van der Waals surface area contributed by atoms with Crippen molar-refractivity contribution in [2.75, 3.05) is 31.1 Å². The Morgan fingerprint density at radius 2 is 2.00 bits per heavy atom. The van der Waals surface area contributed by atoms with Gasteiger partial charge in [-0.2, -0.15) is 0 Å². The van der Waals surface area contributed by atoms with Gasteiger partial charge in [-0.1, -0.05) is 39.0 Å². The van der Waals surface area contributed by atoms with E-state index in [2.05, 4.69) is 55.3 Å². The number of nitrogens with zero attached hydrogens (tertiary/aromatic N) is 1. The molecule has 2 heteroatoms. The van der Waals surface area contributed by atoms with E-state index in [4.69, 9.17) is 0 Å². The molecule has 0 aromatic heterocycles. The van der Waals surface area contributed by atoms with Crippen molar-refractivity contribution in [3.63, 3.8) is 0 Å². The maximum Gasteiger partial charge on any atom is 0.0398 e. The van der Waals surface area contributed by atoms with Gasteiger partial charge in [-0.05, 0) is 49.3 Å². The van der Waals surface area contributed by atoms with Crippen LogP contribution >= 0.6 is 0 Å².